The van der Waals surface area contributed by atoms with E-state index in [1.54, 1.807) is 0 Å². The molecule has 3 N–H and O–H groups in total. The van der Waals surface area contributed by atoms with Gasteiger partial charge in [0.15, 0.2) is 12.2 Å². The molecular formula is C88H172O17P2. The zero-order valence-electron chi connectivity index (χ0n) is 70.3. The summed E-state index contributed by atoms with van der Waals surface area (Å²) in [5.41, 5.74) is 0. The lowest BCUT2D eigenvalue weighted by Crippen LogP contribution is -2.30. The van der Waals surface area contributed by atoms with Crippen LogP contribution in [0.5, 0.6) is 0 Å². The third kappa shape index (κ3) is 81.9. The summed E-state index contributed by atoms with van der Waals surface area (Å²) >= 11 is 0. The van der Waals surface area contributed by atoms with Gasteiger partial charge in [0.05, 0.1) is 26.4 Å². The highest BCUT2D eigenvalue weighted by atomic mass is 31.2. The van der Waals surface area contributed by atoms with Gasteiger partial charge in [-0.05, 0) is 31.6 Å². The number of carbonyl (C=O) groups is 4. The highest BCUT2D eigenvalue weighted by molar-refractivity contribution is 7.47. The zero-order chi connectivity index (χ0) is 78.3. The lowest BCUT2D eigenvalue weighted by Gasteiger charge is -2.21. The quantitative estimate of drug-likeness (QED) is 0.0222. The van der Waals surface area contributed by atoms with Crippen molar-refractivity contribution in [2.75, 3.05) is 39.6 Å². The van der Waals surface area contributed by atoms with Crippen LogP contribution in [0.15, 0.2) is 0 Å². The monoisotopic (exact) mass is 1560 g/mol. The Balaban J connectivity index is 5.24. The van der Waals surface area contributed by atoms with Crippen LogP contribution in [0.1, 0.15) is 478 Å². The van der Waals surface area contributed by atoms with Crippen molar-refractivity contribution >= 4 is 39.5 Å². The van der Waals surface area contributed by atoms with Gasteiger partial charge in [-0.1, -0.05) is 426 Å². The molecule has 0 aliphatic heterocycles. The fourth-order valence-corrected chi connectivity index (χ4v) is 15.4. The second-order valence-electron chi connectivity index (χ2n) is 32.1. The average Bonchev–Trinajstić information content (AvgIpc) is 0.906. The molecule has 0 aromatic heterocycles. The highest BCUT2D eigenvalue weighted by Crippen LogP contribution is 2.45. The first kappa shape index (κ1) is 105. The zero-order valence-corrected chi connectivity index (χ0v) is 72.1. The molecule has 2 unspecified atom stereocenters. The van der Waals surface area contributed by atoms with Crippen LogP contribution >= 0.6 is 15.6 Å². The molecule has 0 aliphatic carbocycles. The molecule has 0 aromatic carbocycles. The normalized spacial score (nSPS) is 13.7. The minimum Gasteiger partial charge on any atom is -0.462 e. The summed E-state index contributed by atoms with van der Waals surface area (Å²) in [6, 6.07) is 0. The topological polar surface area (TPSA) is 237 Å². The average molecular weight is 1560 g/mol. The van der Waals surface area contributed by atoms with Crippen molar-refractivity contribution in [2.24, 2.45) is 5.92 Å². The molecule has 0 fully saturated rings. The molecule has 0 aromatic rings. The molecule has 0 spiro atoms. The largest absolute Gasteiger partial charge is 0.472 e. The van der Waals surface area contributed by atoms with Crippen LogP contribution in [0.2, 0.25) is 0 Å². The van der Waals surface area contributed by atoms with Gasteiger partial charge >= 0.3 is 39.5 Å². The van der Waals surface area contributed by atoms with Crippen LogP contribution in [0, 0.1) is 5.92 Å². The molecule has 5 atom stereocenters. The molecule has 0 amide bonds. The molecule has 636 valence electrons. The highest BCUT2D eigenvalue weighted by Gasteiger charge is 2.30. The van der Waals surface area contributed by atoms with Gasteiger partial charge in [0.1, 0.15) is 19.3 Å². The Morgan fingerprint density at radius 1 is 0.252 bits per heavy atom. The van der Waals surface area contributed by atoms with E-state index in [2.05, 4.69) is 34.6 Å². The van der Waals surface area contributed by atoms with E-state index in [4.69, 9.17) is 37.0 Å². The summed E-state index contributed by atoms with van der Waals surface area (Å²) in [7, 11) is -9.93. The third-order valence-electron chi connectivity index (χ3n) is 20.8. The summed E-state index contributed by atoms with van der Waals surface area (Å²) in [6.45, 7) is 7.41. The minimum atomic E-state index is -4.97. The smallest absolute Gasteiger partial charge is 0.462 e. The molecule has 0 bridgehead atoms. The lowest BCUT2D eigenvalue weighted by molar-refractivity contribution is -0.161. The van der Waals surface area contributed by atoms with Gasteiger partial charge < -0.3 is 33.8 Å². The molecule has 0 radical (unpaired) electrons. The fourth-order valence-electron chi connectivity index (χ4n) is 13.8. The van der Waals surface area contributed by atoms with E-state index >= 15 is 0 Å². The van der Waals surface area contributed by atoms with Gasteiger partial charge in [0, 0.05) is 25.7 Å². The van der Waals surface area contributed by atoms with E-state index < -0.39 is 97.5 Å². The first-order valence-electron chi connectivity index (χ1n) is 45.6. The number of esters is 4. The van der Waals surface area contributed by atoms with Gasteiger partial charge in [0.2, 0.25) is 0 Å². The van der Waals surface area contributed by atoms with Crippen molar-refractivity contribution < 1.29 is 80.2 Å². The molecule has 17 nitrogen and oxygen atoms in total. The summed E-state index contributed by atoms with van der Waals surface area (Å²) in [5.74, 6) is -1.29. The lowest BCUT2D eigenvalue weighted by atomic mass is 10.0. The Morgan fingerprint density at radius 3 is 0.636 bits per heavy atom. The molecule has 0 rings (SSSR count). The van der Waals surface area contributed by atoms with Crippen molar-refractivity contribution in [2.45, 2.75) is 496 Å². The number of hydrogen-bond donors (Lipinski definition) is 3. The maximum Gasteiger partial charge on any atom is 0.472 e. The standard InChI is InChI=1S/C88H172O17P2/c1-6-9-12-15-18-21-24-26-28-30-32-33-35-39-44-49-54-59-64-69-74-88(93)105-84(78-99-86(91)72-67-62-57-52-47-42-40-36-37-41-46-50-55-60-65-70-81(4)5)80-103-107(96,97)101-76-82(89)75-100-106(94,95)102-79-83(77-98-85(90)71-66-61-56-51-45-23-20-17-14-11-8-3)104-87(92)73-68-63-58-53-48-43-38-34-31-29-27-25-22-19-16-13-10-7-2/h81-84,89H,6-80H2,1-5H3,(H,94,95)(H,96,97)/t82-,83+,84+/m0/s1. The predicted octanol–water partition coefficient (Wildman–Crippen LogP) is 27.2. The Hall–Kier alpha value is -1.94. The van der Waals surface area contributed by atoms with Crippen LogP contribution in [0.4, 0.5) is 0 Å². The number of aliphatic hydroxyl groups is 1. The number of phosphoric acid groups is 2. The number of ether oxygens (including phenoxy) is 4. The second kappa shape index (κ2) is 80.7. The Bertz CT molecular complexity index is 2030. The van der Waals surface area contributed by atoms with Crippen LogP contribution in [-0.2, 0) is 65.4 Å². The van der Waals surface area contributed by atoms with Gasteiger partial charge in [-0.25, -0.2) is 9.13 Å². The third-order valence-corrected chi connectivity index (χ3v) is 22.7. The number of hydrogen-bond acceptors (Lipinski definition) is 15. The summed E-state index contributed by atoms with van der Waals surface area (Å²) in [6.07, 6.45) is 75.0. The van der Waals surface area contributed by atoms with Gasteiger partial charge in [0.25, 0.3) is 0 Å². The van der Waals surface area contributed by atoms with Crippen molar-refractivity contribution in [1.29, 1.82) is 0 Å². The maximum atomic E-state index is 13.2. The SMILES string of the molecule is CCCCCCCCCCCCCCCCCCCCCCC(=O)O[C@H](COC(=O)CCCCCCCCCCCCCCCCCC(C)C)COP(=O)(O)OC[C@@H](O)COP(=O)(O)OC[C@@H](COC(=O)CCCCCCCCCCCCC)OC(=O)CCCCCCCCCCCCCCCCCCCC. The summed E-state index contributed by atoms with van der Waals surface area (Å²) in [5, 5.41) is 10.7. The predicted molar refractivity (Wildman–Crippen MR) is 442 cm³/mol. The van der Waals surface area contributed by atoms with E-state index in [9.17, 15) is 43.2 Å². The molecule has 107 heavy (non-hydrogen) atoms. The summed E-state index contributed by atoms with van der Waals surface area (Å²) < 4.78 is 69.0. The van der Waals surface area contributed by atoms with Crippen molar-refractivity contribution in [3.8, 4) is 0 Å². The molecular weight excluding hydrogens is 1390 g/mol. The number of rotatable bonds is 88. The molecule has 0 saturated heterocycles. The Morgan fingerprint density at radius 2 is 0.430 bits per heavy atom. The Labute approximate surface area is 658 Å². The van der Waals surface area contributed by atoms with Crippen molar-refractivity contribution in [3.05, 3.63) is 0 Å². The van der Waals surface area contributed by atoms with Gasteiger partial charge in [-0.2, -0.15) is 0 Å². The van der Waals surface area contributed by atoms with Crippen LogP contribution in [-0.4, -0.2) is 96.7 Å². The second-order valence-corrected chi connectivity index (χ2v) is 35.0. The first-order valence-corrected chi connectivity index (χ1v) is 48.6. The van der Waals surface area contributed by atoms with Crippen molar-refractivity contribution in [3.63, 3.8) is 0 Å². The van der Waals surface area contributed by atoms with E-state index in [0.717, 1.165) is 95.8 Å². The van der Waals surface area contributed by atoms with Crippen LogP contribution in [0.3, 0.4) is 0 Å². The van der Waals surface area contributed by atoms with Crippen LogP contribution in [0.25, 0.3) is 0 Å². The minimum absolute atomic E-state index is 0.109. The fraction of sp³-hybridized carbons (Fsp3) is 0.955. The number of phosphoric ester groups is 2. The van der Waals surface area contributed by atoms with E-state index in [1.807, 2.05) is 0 Å². The van der Waals surface area contributed by atoms with Gasteiger partial charge in [-0.3, -0.25) is 37.3 Å². The Kier molecular flexibility index (Phi) is 79.2. The molecule has 19 heteroatoms. The maximum absolute atomic E-state index is 13.2. The number of aliphatic hydroxyl groups excluding tert-OH is 1. The van der Waals surface area contributed by atoms with Crippen LogP contribution < -0.4 is 0 Å². The molecule has 0 heterocycles. The van der Waals surface area contributed by atoms with Gasteiger partial charge in [-0.15, -0.1) is 0 Å². The molecule has 0 aliphatic rings. The first-order chi connectivity index (χ1) is 52.0. The number of carbonyl (C=O) groups excluding carboxylic acids is 4. The van der Waals surface area contributed by atoms with E-state index in [1.165, 1.54) is 302 Å². The van der Waals surface area contributed by atoms with Crippen molar-refractivity contribution in [1.82, 2.24) is 0 Å². The number of unbranched alkanes of at least 4 members (excludes halogenated alkanes) is 60. The molecule has 0 saturated carbocycles. The summed E-state index contributed by atoms with van der Waals surface area (Å²) in [4.78, 5) is 73.3. The van der Waals surface area contributed by atoms with E-state index in [0.29, 0.717) is 25.7 Å². The van der Waals surface area contributed by atoms with E-state index in [-0.39, 0.29) is 25.7 Å².